The molecule has 2 aliphatic rings. The molecule has 65 heavy (non-hydrogen) atoms. The molecule has 0 spiro atoms. The van der Waals surface area contributed by atoms with Crippen molar-refractivity contribution in [3.8, 4) is 44.5 Å². The van der Waals surface area contributed by atoms with Crippen LogP contribution in [-0.4, -0.2) is 9.97 Å². The van der Waals surface area contributed by atoms with Crippen molar-refractivity contribution in [3.63, 3.8) is 0 Å². The Morgan fingerprint density at radius 3 is 0.738 bits per heavy atom. The van der Waals surface area contributed by atoms with Gasteiger partial charge in [-0.3, -0.25) is 0 Å². The summed E-state index contributed by atoms with van der Waals surface area (Å²) in [6, 6.07) is 68.9. The van der Waals surface area contributed by atoms with Gasteiger partial charge in [-0.1, -0.05) is 194 Å². The normalized spacial score (nSPS) is 12.1. The summed E-state index contributed by atoms with van der Waals surface area (Å²) in [4.78, 5) is 22.4. The molecule has 5 heterocycles. The predicted molar refractivity (Wildman–Crippen MR) is 269 cm³/mol. The summed E-state index contributed by atoms with van der Waals surface area (Å²) < 4.78 is 0. The molecule has 0 unspecified atom stereocenters. The van der Waals surface area contributed by atoms with Gasteiger partial charge in [0.25, 0.3) is 0 Å². The molecule has 0 fully saturated rings. The fourth-order valence-electron chi connectivity index (χ4n) is 9.96. The van der Waals surface area contributed by atoms with Gasteiger partial charge >= 0.3 is 17.1 Å². The molecule has 8 bridgehead atoms. The maximum atomic E-state index is 5.60. The Kier molecular flexibility index (Phi) is 9.27. The zero-order chi connectivity index (χ0) is 42.1. The Hall–Kier alpha value is -8.08. The topological polar surface area (TPSA) is 54.0 Å². The first-order valence-electron chi connectivity index (χ1n) is 21.7. The van der Waals surface area contributed by atoms with Crippen LogP contribution in [0.4, 0.5) is 0 Å². The molecule has 11 aromatic rings. The molecule has 8 aromatic carbocycles. The maximum Gasteiger partial charge on any atom is 2.00 e. The SMILES string of the molecule is C1=Cc2nc1c(-c1cccc3ccccc13)c1ccc([n-]1)c(-c1cccc3ccccc13)c1nc(c(-c3cccc4ccccc34)c3ccc([n-]3)c2-c2cccc3ccccc23)C=C1.[Cu+2]. The van der Waals surface area contributed by atoms with Gasteiger partial charge in [-0.15, -0.1) is 22.1 Å². The molecule has 3 aromatic heterocycles. The van der Waals surface area contributed by atoms with Crippen LogP contribution in [0.25, 0.3) is 134 Å². The first-order chi connectivity index (χ1) is 31.7. The van der Waals surface area contributed by atoms with E-state index in [2.05, 4.69) is 218 Å². The molecule has 0 N–H and O–H groups in total. The number of benzene rings is 8. The quantitative estimate of drug-likeness (QED) is 0.165. The largest absolute Gasteiger partial charge is 2.00 e. The molecule has 2 aliphatic heterocycles. The van der Waals surface area contributed by atoms with E-state index in [9.17, 15) is 0 Å². The Labute approximate surface area is 385 Å². The minimum atomic E-state index is 0. The molecule has 5 heteroatoms. The number of nitrogens with zero attached hydrogens (tertiary/aromatic N) is 4. The number of hydrogen-bond donors (Lipinski definition) is 0. The summed E-state index contributed by atoms with van der Waals surface area (Å²) in [5, 5.41) is 9.19. The van der Waals surface area contributed by atoms with E-state index in [1.54, 1.807) is 0 Å². The number of fused-ring (bicyclic) bond motifs is 12. The van der Waals surface area contributed by atoms with E-state index in [1.165, 1.54) is 0 Å². The van der Waals surface area contributed by atoms with Crippen LogP contribution >= 0.6 is 0 Å². The fourth-order valence-corrected chi connectivity index (χ4v) is 9.96. The molecule has 13 rings (SSSR count). The van der Waals surface area contributed by atoms with Crippen LogP contribution in [0.2, 0.25) is 0 Å². The van der Waals surface area contributed by atoms with E-state index in [4.69, 9.17) is 19.9 Å². The van der Waals surface area contributed by atoms with Crippen molar-refractivity contribution in [1.29, 1.82) is 0 Å². The third-order valence-corrected chi connectivity index (χ3v) is 12.8. The first kappa shape index (κ1) is 38.6. The van der Waals surface area contributed by atoms with Crippen molar-refractivity contribution < 1.29 is 17.1 Å². The standard InChI is InChI=1S/C60H36N4.Cu/c1-5-21-41-37(13-1)17-9-25-45(41)57-49-29-31-51(61-49)58(46-26-10-18-38-14-2-6-22-42(38)46)53-33-35-55(63-53)60(48-28-12-20-40-16-4-8-24-44(40)48)56-36-34-54(64-56)59(52-32-30-50(57)62-52)47-27-11-19-39-15-3-7-23-43(39)47;/h1-36H;/q-2;+2. The molecular formula is C60H36CuN4. The van der Waals surface area contributed by atoms with Crippen LogP contribution in [0.3, 0.4) is 0 Å². The van der Waals surface area contributed by atoms with Gasteiger partial charge < -0.3 is 9.97 Å². The third-order valence-electron chi connectivity index (χ3n) is 12.8. The molecule has 0 aliphatic carbocycles. The summed E-state index contributed by atoms with van der Waals surface area (Å²) in [6.07, 6.45) is 8.62. The van der Waals surface area contributed by atoms with Crippen LogP contribution in [0.5, 0.6) is 0 Å². The molecule has 0 amide bonds. The minimum absolute atomic E-state index is 0. The van der Waals surface area contributed by atoms with Crippen LogP contribution in [0.1, 0.15) is 22.8 Å². The van der Waals surface area contributed by atoms with Crippen molar-refractivity contribution in [1.82, 2.24) is 19.9 Å². The van der Waals surface area contributed by atoms with Crippen molar-refractivity contribution in [2.75, 3.05) is 0 Å². The number of rotatable bonds is 4. The smallest absolute Gasteiger partial charge is 0.657 e. The summed E-state index contributed by atoms with van der Waals surface area (Å²) in [5.74, 6) is 0. The van der Waals surface area contributed by atoms with E-state index in [-0.39, 0.29) is 17.1 Å². The number of hydrogen-bond acceptors (Lipinski definition) is 2. The summed E-state index contributed by atoms with van der Waals surface area (Å²) in [5.41, 5.74) is 14.9. The number of aromatic nitrogens is 4. The van der Waals surface area contributed by atoms with Gasteiger partial charge in [0.2, 0.25) is 0 Å². The molecule has 1 radical (unpaired) electrons. The van der Waals surface area contributed by atoms with Crippen molar-refractivity contribution >= 4 is 89.5 Å². The fraction of sp³-hybridized carbons (Fsp3) is 0. The van der Waals surface area contributed by atoms with Gasteiger partial charge in [0.15, 0.2) is 0 Å². The second-order valence-electron chi connectivity index (χ2n) is 16.5. The Morgan fingerprint density at radius 2 is 0.477 bits per heavy atom. The second-order valence-corrected chi connectivity index (χ2v) is 16.5. The van der Waals surface area contributed by atoms with Gasteiger partial charge in [0.05, 0.1) is 22.8 Å². The van der Waals surface area contributed by atoms with Crippen molar-refractivity contribution in [2.24, 2.45) is 0 Å². The minimum Gasteiger partial charge on any atom is -0.657 e. The van der Waals surface area contributed by atoms with Crippen molar-refractivity contribution in [3.05, 3.63) is 217 Å². The maximum absolute atomic E-state index is 5.60. The third kappa shape index (κ3) is 6.36. The average molecular weight is 877 g/mol. The zero-order valence-corrected chi connectivity index (χ0v) is 35.8. The van der Waals surface area contributed by atoms with Gasteiger partial charge in [-0.25, -0.2) is 9.97 Å². The average Bonchev–Trinajstić information content (AvgIpc) is 4.20. The monoisotopic (exact) mass is 875 g/mol. The van der Waals surface area contributed by atoms with E-state index in [0.717, 1.165) is 132 Å². The van der Waals surface area contributed by atoms with Gasteiger partial charge in [0, 0.05) is 0 Å². The zero-order valence-electron chi connectivity index (χ0n) is 34.9. The Bertz CT molecular complexity index is 3450. The predicted octanol–water partition coefficient (Wildman–Crippen LogP) is 15.2. The van der Waals surface area contributed by atoms with Crippen LogP contribution in [0, 0.1) is 0 Å². The van der Waals surface area contributed by atoms with Crippen molar-refractivity contribution in [2.45, 2.75) is 0 Å². The van der Waals surface area contributed by atoms with E-state index in [1.807, 2.05) is 0 Å². The summed E-state index contributed by atoms with van der Waals surface area (Å²) in [7, 11) is 0. The first-order valence-corrected chi connectivity index (χ1v) is 21.7. The van der Waals surface area contributed by atoms with Crippen LogP contribution in [-0.2, 0) is 17.1 Å². The van der Waals surface area contributed by atoms with E-state index < -0.39 is 0 Å². The molecule has 307 valence electrons. The van der Waals surface area contributed by atoms with Gasteiger partial charge in [0.1, 0.15) is 0 Å². The molecular weight excluding hydrogens is 840 g/mol. The Morgan fingerprint density at radius 1 is 0.246 bits per heavy atom. The van der Waals surface area contributed by atoms with E-state index >= 15 is 0 Å². The van der Waals surface area contributed by atoms with Crippen LogP contribution in [0.15, 0.2) is 194 Å². The molecule has 4 nitrogen and oxygen atoms in total. The van der Waals surface area contributed by atoms with Crippen LogP contribution < -0.4 is 9.97 Å². The molecule has 0 saturated carbocycles. The van der Waals surface area contributed by atoms with Gasteiger partial charge in [-0.2, -0.15) is 0 Å². The second kappa shape index (κ2) is 15.6. The summed E-state index contributed by atoms with van der Waals surface area (Å²) in [6.45, 7) is 0. The summed E-state index contributed by atoms with van der Waals surface area (Å²) >= 11 is 0. The molecule has 0 atom stereocenters. The van der Waals surface area contributed by atoms with E-state index in [0.29, 0.717) is 0 Å². The van der Waals surface area contributed by atoms with Gasteiger partial charge in [-0.05, 0) is 112 Å². The molecule has 0 saturated heterocycles. The Balaban J connectivity index is 0.00000444.